The molecule has 0 saturated carbocycles. The molecule has 2 heterocycles. The number of hydrogen-bond donors (Lipinski definition) is 1. The first-order valence-corrected chi connectivity index (χ1v) is 9.69. The van der Waals surface area contributed by atoms with Crippen LogP contribution in [0.5, 0.6) is 0 Å². The van der Waals surface area contributed by atoms with Gasteiger partial charge in [-0.25, -0.2) is 18.4 Å². The van der Waals surface area contributed by atoms with Crippen molar-refractivity contribution in [2.45, 2.75) is 11.9 Å². The van der Waals surface area contributed by atoms with Gasteiger partial charge in [-0.2, -0.15) is 13.2 Å². The number of sulfonamides is 1. The van der Waals surface area contributed by atoms with Crippen LogP contribution in [0.4, 0.5) is 24.8 Å². The molecule has 1 aromatic carbocycles. The summed E-state index contributed by atoms with van der Waals surface area (Å²) in [6.07, 6.45) is -1.76. The lowest BCUT2D eigenvalue weighted by molar-refractivity contribution is -0.137. The molecule has 0 radical (unpaired) electrons. The van der Waals surface area contributed by atoms with Crippen LogP contribution in [0.2, 0.25) is 0 Å². The molecule has 1 aliphatic rings. The van der Waals surface area contributed by atoms with Gasteiger partial charge in [0.25, 0.3) is 0 Å². The van der Waals surface area contributed by atoms with Crippen molar-refractivity contribution in [2.75, 3.05) is 35.9 Å². The molecule has 1 aromatic heterocycles. The number of morpholine rings is 1. The average Bonchev–Trinajstić information content (AvgIpc) is 2.62. The van der Waals surface area contributed by atoms with Crippen molar-refractivity contribution < 1.29 is 26.3 Å². The lowest BCUT2D eigenvalue weighted by Gasteiger charge is -2.26. The summed E-state index contributed by atoms with van der Waals surface area (Å²) < 4.78 is 69.7. The highest BCUT2D eigenvalue weighted by Crippen LogP contribution is 2.29. The van der Waals surface area contributed by atoms with Crippen LogP contribution in [0.3, 0.4) is 0 Å². The van der Waals surface area contributed by atoms with Crippen LogP contribution in [0.25, 0.3) is 0 Å². The van der Waals surface area contributed by atoms with Crippen molar-refractivity contribution in [2.24, 2.45) is 0 Å². The fourth-order valence-corrected chi connectivity index (χ4v) is 3.69. The van der Waals surface area contributed by atoms with Gasteiger partial charge in [0, 0.05) is 13.1 Å². The van der Waals surface area contributed by atoms with Crippen molar-refractivity contribution in [3.63, 3.8) is 0 Å². The molecule has 0 aliphatic carbocycles. The summed E-state index contributed by atoms with van der Waals surface area (Å²) in [6, 6.07) is 3.98. The van der Waals surface area contributed by atoms with E-state index in [-0.39, 0.29) is 11.3 Å². The minimum atomic E-state index is -4.46. The molecule has 1 N–H and O–H groups in total. The summed E-state index contributed by atoms with van der Waals surface area (Å²) in [5.41, 5.74) is -0.413. The third kappa shape index (κ3) is 5.30. The van der Waals surface area contributed by atoms with E-state index in [9.17, 15) is 21.6 Å². The van der Waals surface area contributed by atoms with Crippen molar-refractivity contribution >= 4 is 21.7 Å². The lowest BCUT2D eigenvalue weighted by atomic mass is 10.1. The molecule has 11 heteroatoms. The predicted molar refractivity (Wildman–Crippen MR) is 92.8 cm³/mol. The average molecular weight is 402 g/mol. The number of rotatable bonds is 5. The zero-order valence-electron chi connectivity index (χ0n) is 14.1. The predicted octanol–water partition coefficient (Wildman–Crippen LogP) is 2.27. The van der Waals surface area contributed by atoms with Gasteiger partial charge < -0.3 is 9.64 Å². The topological polar surface area (TPSA) is 84.4 Å². The molecule has 146 valence electrons. The zero-order valence-corrected chi connectivity index (χ0v) is 14.9. The first-order valence-electron chi connectivity index (χ1n) is 8.04. The van der Waals surface area contributed by atoms with E-state index in [0.717, 1.165) is 24.3 Å². The highest BCUT2D eigenvalue weighted by molar-refractivity contribution is 7.91. The van der Waals surface area contributed by atoms with E-state index in [1.165, 1.54) is 12.4 Å². The Morgan fingerprint density at radius 3 is 2.22 bits per heavy atom. The number of aromatic nitrogens is 2. The second-order valence-corrected chi connectivity index (χ2v) is 7.65. The van der Waals surface area contributed by atoms with Crippen LogP contribution >= 0.6 is 0 Å². The zero-order chi connectivity index (χ0) is 19.5. The number of nitrogens with one attached hydrogen (secondary N) is 1. The third-order valence-electron chi connectivity index (χ3n) is 3.84. The first kappa shape index (κ1) is 19.4. The Bertz CT molecular complexity index is 865. The van der Waals surface area contributed by atoms with Gasteiger partial charge in [-0.1, -0.05) is 12.1 Å². The van der Waals surface area contributed by atoms with Gasteiger partial charge in [-0.15, -0.1) is 0 Å². The van der Waals surface area contributed by atoms with Crippen LogP contribution in [0.15, 0.2) is 36.7 Å². The Labute approximate surface area is 154 Å². The minimum Gasteiger partial charge on any atom is -0.378 e. The van der Waals surface area contributed by atoms with Crippen molar-refractivity contribution in [3.05, 3.63) is 47.8 Å². The second-order valence-electron chi connectivity index (χ2n) is 5.93. The molecule has 3 rings (SSSR count). The number of ether oxygens (including phenoxy) is 1. The molecule has 27 heavy (non-hydrogen) atoms. The summed E-state index contributed by atoms with van der Waals surface area (Å²) in [7, 11) is -3.82. The Morgan fingerprint density at radius 2 is 1.67 bits per heavy atom. The quantitative estimate of drug-likeness (QED) is 0.826. The van der Waals surface area contributed by atoms with Gasteiger partial charge >= 0.3 is 6.18 Å². The largest absolute Gasteiger partial charge is 0.416 e. The lowest BCUT2D eigenvalue weighted by Crippen LogP contribution is -2.37. The molecule has 1 saturated heterocycles. The Kier molecular flexibility index (Phi) is 5.51. The maximum absolute atomic E-state index is 12.6. The van der Waals surface area contributed by atoms with E-state index in [0.29, 0.717) is 32.3 Å². The molecule has 0 spiro atoms. The van der Waals surface area contributed by atoms with Crippen LogP contribution < -0.4 is 9.62 Å². The molecule has 0 bridgehead atoms. The SMILES string of the molecule is O=S(=O)(Cc1ccc(C(F)(F)F)cc1)Nc1cnc(N2CCOCC2)nc1. The number of benzene rings is 1. The summed E-state index contributed by atoms with van der Waals surface area (Å²) in [5, 5.41) is 0. The number of nitrogens with zero attached hydrogens (tertiary/aromatic N) is 3. The fraction of sp³-hybridized carbons (Fsp3) is 0.375. The normalized spacial score (nSPS) is 15.6. The Morgan fingerprint density at radius 1 is 1.07 bits per heavy atom. The minimum absolute atomic E-state index is 0.180. The summed E-state index contributed by atoms with van der Waals surface area (Å²) in [6.45, 7) is 2.45. The highest BCUT2D eigenvalue weighted by atomic mass is 32.2. The molecule has 1 aliphatic heterocycles. The van der Waals surface area contributed by atoms with E-state index in [2.05, 4.69) is 14.7 Å². The number of hydrogen-bond acceptors (Lipinski definition) is 6. The maximum atomic E-state index is 12.6. The van der Waals surface area contributed by atoms with Gasteiger partial charge in [0.2, 0.25) is 16.0 Å². The van der Waals surface area contributed by atoms with Gasteiger partial charge in [0.1, 0.15) is 0 Å². The molecule has 1 fully saturated rings. The van der Waals surface area contributed by atoms with Gasteiger partial charge in [0.05, 0.1) is 42.6 Å². The summed E-state index contributed by atoms with van der Waals surface area (Å²) in [4.78, 5) is 10.2. The van der Waals surface area contributed by atoms with Gasteiger partial charge in [0.15, 0.2) is 0 Å². The summed E-state index contributed by atoms with van der Waals surface area (Å²) >= 11 is 0. The first-order chi connectivity index (χ1) is 12.7. The number of halogens is 3. The second kappa shape index (κ2) is 7.69. The van der Waals surface area contributed by atoms with Gasteiger partial charge in [-0.3, -0.25) is 4.72 Å². The molecule has 7 nitrogen and oxygen atoms in total. The Hall–Kier alpha value is -2.40. The summed E-state index contributed by atoms with van der Waals surface area (Å²) in [5.74, 6) is 0.0140. The molecule has 0 amide bonds. The fourth-order valence-electron chi connectivity index (χ4n) is 2.53. The van der Waals surface area contributed by atoms with E-state index >= 15 is 0 Å². The van der Waals surface area contributed by atoms with E-state index < -0.39 is 27.5 Å². The molecule has 2 aromatic rings. The van der Waals surface area contributed by atoms with Crippen molar-refractivity contribution in [1.29, 1.82) is 0 Å². The monoisotopic (exact) mass is 402 g/mol. The number of alkyl halides is 3. The Balaban J connectivity index is 1.63. The molecule has 0 unspecified atom stereocenters. The van der Waals surface area contributed by atoms with E-state index in [1.54, 1.807) is 0 Å². The van der Waals surface area contributed by atoms with Crippen molar-refractivity contribution in [3.8, 4) is 0 Å². The van der Waals surface area contributed by atoms with E-state index in [1.807, 2.05) is 4.90 Å². The van der Waals surface area contributed by atoms with Crippen molar-refractivity contribution in [1.82, 2.24) is 9.97 Å². The molecular formula is C16H17F3N4O3S. The van der Waals surface area contributed by atoms with Crippen LogP contribution in [-0.2, 0) is 26.7 Å². The van der Waals surface area contributed by atoms with Crippen LogP contribution in [-0.4, -0.2) is 44.7 Å². The number of anilines is 2. The standard InChI is InChI=1S/C16H17F3N4O3S/c17-16(18,19)13-3-1-12(2-4-13)11-27(24,25)22-14-9-20-15(21-10-14)23-5-7-26-8-6-23/h1-4,9-10,22H,5-8,11H2. The molecule has 0 atom stereocenters. The highest BCUT2D eigenvalue weighted by Gasteiger charge is 2.30. The van der Waals surface area contributed by atoms with Crippen LogP contribution in [0, 0.1) is 0 Å². The van der Waals surface area contributed by atoms with Crippen LogP contribution in [0.1, 0.15) is 11.1 Å². The third-order valence-corrected chi connectivity index (χ3v) is 5.10. The molecular weight excluding hydrogens is 385 g/mol. The van der Waals surface area contributed by atoms with E-state index in [4.69, 9.17) is 4.74 Å². The smallest absolute Gasteiger partial charge is 0.378 e. The maximum Gasteiger partial charge on any atom is 0.416 e. The van der Waals surface area contributed by atoms with Gasteiger partial charge in [-0.05, 0) is 17.7 Å².